The molecule has 4 amide bonds. The molecule has 0 aromatic heterocycles. The lowest BCUT2D eigenvalue weighted by Crippen LogP contribution is -2.55. The topological polar surface area (TPSA) is 201 Å². The van der Waals surface area contributed by atoms with Crippen molar-refractivity contribution in [3.63, 3.8) is 0 Å². The van der Waals surface area contributed by atoms with Crippen LogP contribution in [0.2, 0.25) is 0 Å². The Morgan fingerprint density at radius 1 is 0.915 bits per heavy atom. The van der Waals surface area contributed by atoms with Crippen LogP contribution in [0.1, 0.15) is 61.5 Å². The van der Waals surface area contributed by atoms with Crippen molar-refractivity contribution in [3.05, 3.63) is 65.2 Å². The maximum atomic E-state index is 13.7. The summed E-state index contributed by atoms with van der Waals surface area (Å²) >= 11 is 0. The van der Waals surface area contributed by atoms with Crippen molar-refractivity contribution in [1.82, 2.24) is 20.9 Å². The maximum Gasteiger partial charge on any atom is 0.408 e. The maximum absolute atomic E-state index is 13.7. The highest BCUT2D eigenvalue weighted by Crippen LogP contribution is 2.22. The zero-order valence-electron chi connectivity index (χ0n) is 26.7. The Bertz CT molecular complexity index is 1440. The summed E-state index contributed by atoms with van der Waals surface area (Å²) in [5, 5.41) is 26.7. The van der Waals surface area contributed by atoms with E-state index in [4.69, 9.17) is 14.6 Å². The van der Waals surface area contributed by atoms with Crippen molar-refractivity contribution in [2.45, 2.75) is 70.6 Å². The van der Waals surface area contributed by atoms with Crippen LogP contribution in [0, 0.1) is 0 Å². The van der Waals surface area contributed by atoms with Gasteiger partial charge in [0.2, 0.25) is 17.7 Å². The van der Waals surface area contributed by atoms with Crippen LogP contribution < -0.4 is 20.7 Å². The molecule has 5 N–H and O–H groups in total. The van der Waals surface area contributed by atoms with Crippen molar-refractivity contribution in [1.29, 1.82) is 0 Å². The van der Waals surface area contributed by atoms with Gasteiger partial charge in [-0.15, -0.1) is 0 Å². The third-order valence-corrected chi connectivity index (χ3v) is 7.06. The van der Waals surface area contributed by atoms with E-state index in [1.165, 1.54) is 18.2 Å². The van der Waals surface area contributed by atoms with Crippen LogP contribution in [0.5, 0.6) is 5.75 Å². The molecular weight excluding hydrogens is 612 g/mol. The van der Waals surface area contributed by atoms with Crippen LogP contribution >= 0.6 is 0 Å². The van der Waals surface area contributed by atoms with Crippen molar-refractivity contribution >= 4 is 35.8 Å². The van der Waals surface area contributed by atoms with Gasteiger partial charge in [0.25, 0.3) is 0 Å². The molecule has 0 spiro atoms. The molecule has 2 atom stereocenters. The Morgan fingerprint density at radius 2 is 1.60 bits per heavy atom. The highest BCUT2D eigenvalue weighted by molar-refractivity contribution is 5.93. The van der Waals surface area contributed by atoms with E-state index in [1.807, 2.05) is 6.07 Å². The average Bonchev–Trinajstić information content (AvgIpc) is 3.41. The molecule has 1 heterocycles. The van der Waals surface area contributed by atoms with Gasteiger partial charge >= 0.3 is 18.0 Å². The number of aromatic carboxylic acids is 1. The van der Waals surface area contributed by atoms with E-state index in [0.717, 1.165) is 12.0 Å². The zero-order valence-corrected chi connectivity index (χ0v) is 26.7. The van der Waals surface area contributed by atoms with Crippen LogP contribution in [0.3, 0.4) is 0 Å². The largest absolute Gasteiger partial charge is 0.481 e. The number of nitrogens with one attached hydrogen (secondary N) is 3. The number of aliphatic carboxylic acids is 1. The minimum atomic E-state index is -1.38. The van der Waals surface area contributed by atoms with Gasteiger partial charge in [0, 0.05) is 38.9 Å². The molecule has 2 aromatic rings. The smallest absolute Gasteiger partial charge is 0.408 e. The van der Waals surface area contributed by atoms with Gasteiger partial charge in [0.05, 0.1) is 0 Å². The monoisotopic (exact) mass is 654 g/mol. The van der Waals surface area contributed by atoms with Crippen molar-refractivity contribution < 1.29 is 48.5 Å². The van der Waals surface area contributed by atoms with Crippen molar-refractivity contribution in [3.8, 4) is 5.75 Å². The van der Waals surface area contributed by atoms with Gasteiger partial charge < -0.3 is 40.5 Å². The molecule has 0 unspecified atom stereocenters. The molecule has 2 aromatic carbocycles. The van der Waals surface area contributed by atoms with Gasteiger partial charge in [0.15, 0.2) is 6.61 Å². The minimum absolute atomic E-state index is 0.0634. The van der Waals surface area contributed by atoms with Crippen molar-refractivity contribution in [2.24, 2.45) is 0 Å². The fraction of sp³-hybridized carbons (Fsp3) is 0.455. The van der Waals surface area contributed by atoms with Crippen LogP contribution in [-0.2, 0) is 36.8 Å². The number of carboxylic acids is 2. The fourth-order valence-electron chi connectivity index (χ4n) is 4.91. The van der Waals surface area contributed by atoms with Gasteiger partial charge in [-0.1, -0.05) is 36.4 Å². The number of carbonyl (C=O) groups is 6. The van der Waals surface area contributed by atoms with E-state index in [2.05, 4.69) is 16.0 Å². The third kappa shape index (κ3) is 12.3. The van der Waals surface area contributed by atoms with Crippen molar-refractivity contribution in [2.75, 3.05) is 26.2 Å². The molecular formula is C33H42N4O10. The molecule has 1 aliphatic heterocycles. The summed E-state index contributed by atoms with van der Waals surface area (Å²) in [5.74, 6) is -4.02. The first-order chi connectivity index (χ1) is 22.2. The molecule has 1 aliphatic rings. The Morgan fingerprint density at radius 3 is 2.21 bits per heavy atom. The van der Waals surface area contributed by atoms with E-state index in [9.17, 15) is 33.9 Å². The number of likely N-dealkylation sites (tertiary alicyclic amines) is 1. The summed E-state index contributed by atoms with van der Waals surface area (Å²) < 4.78 is 10.5. The number of benzene rings is 2. The number of hydrogen-bond acceptors (Lipinski definition) is 8. The number of rotatable bonds is 16. The second kappa shape index (κ2) is 17.0. The Balaban J connectivity index is 1.83. The number of hydrogen-bond donors (Lipinski definition) is 5. The summed E-state index contributed by atoms with van der Waals surface area (Å²) in [6.07, 6.45) is 0.886. The quantitative estimate of drug-likeness (QED) is 0.167. The third-order valence-electron chi connectivity index (χ3n) is 7.06. The first-order valence-corrected chi connectivity index (χ1v) is 15.3. The van der Waals surface area contributed by atoms with E-state index in [0.29, 0.717) is 31.5 Å². The van der Waals surface area contributed by atoms with Crippen LogP contribution in [0.25, 0.3) is 0 Å². The standard InChI is InChI=1S/C33H42N4O10/c1-33(2,3)47-32(45)36-25(18-21-9-5-4-6-10-21)30(42)35-24(29(41)34-14-8-16-37-15-7-11-27(37)38)19-22-12-13-26(46-20-28(39)40)23(17-22)31(43)44/h4-6,9-10,12-13,17,24-25H,7-8,11,14-16,18-20H2,1-3H3,(H,34,41)(H,35,42)(H,36,45)(H,39,40)(H,43,44)/t24-,25+/m1/s1. The Kier molecular flexibility index (Phi) is 13.1. The van der Waals surface area contributed by atoms with E-state index in [1.54, 1.807) is 49.9 Å². The predicted octanol–water partition coefficient (Wildman–Crippen LogP) is 2.14. The molecule has 0 radical (unpaired) electrons. The number of carbonyl (C=O) groups excluding carboxylic acids is 4. The summed E-state index contributed by atoms with van der Waals surface area (Å²) in [6, 6.07) is 10.6. The summed E-state index contributed by atoms with van der Waals surface area (Å²) in [7, 11) is 0. The van der Waals surface area contributed by atoms with Gasteiger partial charge in [-0.05, 0) is 56.9 Å². The lowest BCUT2D eigenvalue weighted by atomic mass is 10.0. The molecule has 3 rings (SSSR count). The molecule has 0 bridgehead atoms. The van der Waals surface area contributed by atoms with Crippen LogP contribution in [-0.4, -0.2) is 94.8 Å². The Hall–Kier alpha value is -5.14. The zero-order chi connectivity index (χ0) is 34.6. The molecule has 1 fully saturated rings. The molecule has 0 aliphatic carbocycles. The predicted molar refractivity (Wildman–Crippen MR) is 169 cm³/mol. The normalized spacial score (nSPS) is 14.1. The first-order valence-electron chi connectivity index (χ1n) is 15.3. The van der Waals surface area contributed by atoms with Gasteiger partial charge in [-0.25, -0.2) is 14.4 Å². The SMILES string of the molecule is CC(C)(C)OC(=O)N[C@@H](Cc1ccccc1)C(=O)N[C@H](Cc1ccc(OCC(=O)O)c(C(=O)O)c1)C(=O)NCCCN1CCCC1=O. The highest BCUT2D eigenvalue weighted by Gasteiger charge is 2.29. The lowest BCUT2D eigenvalue weighted by molar-refractivity contribution is -0.139. The Labute approximate surface area is 272 Å². The van der Waals surface area contributed by atoms with Gasteiger partial charge in [-0.2, -0.15) is 0 Å². The number of carboxylic acid groups (broad SMARTS) is 2. The number of ether oxygens (including phenoxy) is 2. The minimum Gasteiger partial charge on any atom is -0.481 e. The number of nitrogens with zero attached hydrogens (tertiary/aromatic N) is 1. The average molecular weight is 655 g/mol. The lowest BCUT2D eigenvalue weighted by Gasteiger charge is -2.25. The second-order valence-corrected chi connectivity index (χ2v) is 12.1. The molecule has 254 valence electrons. The molecule has 47 heavy (non-hydrogen) atoms. The summed E-state index contributed by atoms with van der Waals surface area (Å²) in [4.78, 5) is 76.4. The molecule has 1 saturated heterocycles. The van der Waals surface area contributed by atoms with Gasteiger partial charge in [-0.3, -0.25) is 14.4 Å². The second-order valence-electron chi connectivity index (χ2n) is 12.1. The highest BCUT2D eigenvalue weighted by atomic mass is 16.6. The number of amides is 4. The first kappa shape index (κ1) is 36.3. The molecule has 14 heteroatoms. The van der Waals surface area contributed by atoms with Crippen LogP contribution in [0.15, 0.2) is 48.5 Å². The van der Waals surface area contributed by atoms with E-state index >= 15 is 0 Å². The van der Waals surface area contributed by atoms with E-state index < -0.39 is 54.1 Å². The van der Waals surface area contributed by atoms with E-state index in [-0.39, 0.29) is 36.6 Å². The molecule has 14 nitrogen and oxygen atoms in total. The summed E-state index contributed by atoms with van der Waals surface area (Å²) in [5.41, 5.74) is -0.0718. The number of alkyl carbamates (subject to hydrolysis) is 1. The van der Waals surface area contributed by atoms with Gasteiger partial charge in [0.1, 0.15) is 29.0 Å². The molecule has 0 saturated carbocycles. The van der Waals surface area contributed by atoms with Crippen LogP contribution in [0.4, 0.5) is 4.79 Å². The fourth-order valence-corrected chi connectivity index (χ4v) is 4.91. The summed E-state index contributed by atoms with van der Waals surface area (Å²) in [6.45, 7) is 5.64.